The van der Waals surface area contributed by atoms with Crippen LogP contribution in [-0.4, -0.2) is 60.1 Å². The largest absolute Gasteiger partial charge is 0.457 e. The Labute approximate surface area is 229 Å². The topological polar surface area (TPSA) is 62.3 Å². The molecule has 39 heavy (non-hydrogen) atoms. The number of benzene rings is 3. The summed E-state index contributed by atoms with van der Waals surface area (Å²) in [6.07, 6.45) is -0.265. The number of piperazine rings is 1. The van der Waals surface area contributed by atoms with E-state index in [9.17, 15) is 14.0 Å². The molecule has 1 atom stereocenters. The normalized spacial score (nSPS) is 16.1. The second kappa shape index (κ2) is 11.9. The van der Waals surface area contributed by atoms with Crippen molar-refractivity contribution < 1.29 is 23.5 Å². The molecule has 0 unspecified atom stereocenters. The van der Waals surface area contributed by atoms with Crippen LogP contribution in [0, 0.1) is 5.82 Å². The molecule has 1 aliphatic rings. The van der Waals surface area contributed by atoms with Crippen molar-refractivity contribution in [3.8, 4) is 11.5 Å². The molecule has 0 spiro atoms. The Morgan fingerprint density at radius 3 is 2.31 bits per heavy atom. The molecule has 1 aliphatic heterocycles. The summed E-state index contributed by atoms with van der Waals surface area (Å²) < 4.78 is 24.5. The molecule has 1 fully saturated rings. The maximum absolute atomic E-state index is 13.2. The highest BCUT2D eigenvalue weighted by Gasteiger charge is 2.30. The van der Waals surface area contributed by atoms with Gasteiger partial charge in [0, 0.05) is 50.5 Å². The van der Waals surface area contributed by atoms with Crippen LogP contribution in [0.4, 0.5) is 14.9 Å². The van der Waals surface area contributed by atoms with Crippen LogP contribution in [0.15, 0.2) is 72.8 Å². The number of amides is 2. The minimum Gasteiger partial charge on any atom is -0.457 e. The number of nitrogens with zero attached hydrogens (tertiary/aromatic N) is 3. The van der Waals surface area contributed by atoms with E-state index in [1.165, 1.54) is 12.1 Å². The van der Waals surface area contributed by atoms with Crippen molar-refractivity contribution in [1.82, 2.24) is 9.80 Å². The number of carbonyl (C=O) groups is 2. The highest BCUT2D eigenvalue weighted by Crippen LogP contribution is 2.25. The van der Waals surface area contributed by atoms with Crippen LogP contribution in [0.25, 0.3) is 0 Å². The molecule has 206 valence electrons. The summed E-state index contributed by atoms with van der Waals surface area (Å²) in [7, 11) is 1.74. The zero-order valence-electron chi connectivity index (χ0n) is 23.2. The predicted molar refractivity (Wildman–Crippen MR) is 150 cm³/mol. The SMILES string of the molecule is C[C@H]1CN(Cc2ccc(N(C)C(=O)c3cccc(Oc4ccc(F)cc4)c3)cc2)CCN1C(=O)OC(C)(C)C. The number of anilines is 1. The lowest BCUT2D eigenvalue weighted by Gasteiger charge is -2.40. The van der Waals surface area contributed by atoms with Gasteiger partial charge in [-0.15, -0.1) is 0 Å². The third kappa shape index (κ3) is 7.57. The van der Waals surface area contributed by atoms with Crippen molar-refractivity contribution >= 4 is 17.7 Å². The molecule has 3 aromatic carbocycles. The molecule has 7 nitrogen and oxygen atoms in total. The second-order valence-electron chi connectivity index (χ2n) is 10.9. The summed E-state index contributed by atoms with van der Waals surface area (Å²) in [6, 6.07) is 20.6. The van der Waals surface area contributed by atoms with Gasteiger partial charge in [-0.05, 0) is 87.9 Å². The first-order chi connectivity index (χ1) is 18.5. The van der Waals surface area contributed by atoms with Gasteiger partial charge in [-0.2, -0.15) is 0 Å². The van der Waals surface area contributed by atoms with Crippen molar-refractivity contribution in [2.45, 2.75) is 45.9 Å². The van der Waals surface area contributed by atoms with Crippen LogP contribution < -0.4 is 9.64 Å². The molecule has 8 heteroatoms. The molecular weight excluding hydrogens is 497 g/mol. The third-order valence-electron chi connectivity index (χ3n) is 6.50. The molecule has 0 saturated carbocycles. The average Bonchev–Trinajstić information content (AvgIpc) is 2.89. The van der Waals surface area contributed by atoms with E-state index in [1.807, 2.05) is 52.0 Å². The van der Waals surface area contributed by atoms with Crippen LogP contribution in [0.3, 0.4) is 0 Å². The van der Waals surface area contributed by atoms with E-state index in [0.717, 1.165) is 30.9 Å². The van der Waals surface area contributed by atoms with Crippen LogP contribution in [0.1, 0.15) is 43.6 Å². The maximum Gasteiger partial charge on any atom is 0.410 e. The number of rotatable bonds is 6. The van der Waals surface area contributed by atoms with Gasteiger partial charge in [0.25, 0.3) is 5.91 Å². The Morgan fingerprint density at radius 1 is 0.974 bits per heavy atom. The lowest BCUT2D eigenvalue weighted by molar-refractivity contribution is 0.000550. The predicted octanol–water partition coefficient (Wildman–Crippen LogP) is 6.34. The van der Waals surface area contributed by atoms with Gasteiger partial charge < -0.3 is 19.3 Å². The van der Waals surface area contributed by atoms with Gasteiger partial charge in [-0.25, -0.2) is 9.18 Å². The van der Waals surface area contributed by atoms with Gasteiger partial charge in [-0.1, -0.05) is 18.2 Å². The number of hydrogen-bond donors (Lipinski definition) is 0. The van der Waals surface area contributed by atoms with Gasteiger partial charge in [-0.3, -0.25) is 9.69 Å². The van der Waals surface area contributed by atoms with Gasteiger partial charge in [0.05, 0.1) is 0 Å². The molecule has 0 N–H and O–H groups in total. The lowest BCUT2D eigenvalue weighted by atomic mass is 10.1. The summed E-state index contributed by atoms with van der Waals surface area (Å²) in [4.78, 5) is 31.4. The van der Waals surface area contributed by atoms with E-state index in [2.05, 4.69) is 4.90 Å². The van der Waals surface area contributed by atoms with Gasteiger partial charge in [0.15, 0.2) is 0 Å². The van der Waals surface area contributed by atoms with Crippen molar-refractivity contribution in [3.63, 3.8) is 0 Å². The van der Waals surface area contributed by atoms with Crippen LogP contribution in [-0.2, 0) is 11.3 Å². The van der Waals surface area contributed by atoms with Gasteiger partial charge in [0.2, 0.25) is 0 Å². The van der Waals surface area contributed by atoms with E-state index in [-0.39, 0.29) is 23.9 Å². The Morgan fingerprint density at radius 2 is 1.67 bits per heavy atom. The second-order valence-corrected chi connectivity index (χ2v) is 10.9. The summed E-state index contributed by atoms with van der Waals surface area (Å²) in [6.45, 7) is 10.6. The van der Waals surface area contributed by atoms with E-state index < -0.39 is 5.60 Å². The first-order valence-electron chi connectivity index (χ1n) is 13.1. The molecule has 0 bridgehead atoms. The quantitative estimate of drug-likeness (QED) is 0.370. The fourth-order valence-electron chi connectivity index (χ4n) is 4.49. The molecule has 2 amide bonds. The smallest absolute Gasteiger partial charge is 0.410 e. The van der Waals surface area contributed by atoms with E-state index in [1.54, 1.807) is 53.2 Å². The number of carbonyl (C=O) groups excluding carboxylic acids is 2. The van der Waals surface area contributed by atoms with Crippen molar-refractivity contribution in [2.75, 3.05) is 31.6 Å². The van der Waals surface area contributed by atoms with Crippen LogP contribution >= 0.6 is 0 Å². The Bertz CT molecular complexity index is 1290. The number of halogens is 1. The minimum absolute atomic E-state index is 0.0550. The van der Waals surface area contributed by atoms with E-state index in [4.69, 9.17) is 9.47 Å². The molecule has 4 rings (SSSR count). The maximum atomic E-state index is 13.2. The van der Waals surface area contributed by atoms with E-state index in [0.29, 0.717) is 23.6 Å². The third-order valence-corrected chi connectivity index (χ3v) is 6.50. The summed E-state index contributed by atoms with van der Waals surface area (Å²) in [5.41, 5.74) is 1.88. The first kappa shape index (κ1) is 28.1. The standard InChI is InChI=1S/C31H36FN3O4/c1-22-20-34(17-18-35(22)30(37)39-31(2,3)4)21-23-9-13-26(14-10-23)33(5)29(36)24-7-6-8-28(19-24)38-27-15-11-25(32)12-16-27/h6-16,19,22H,17-18,20-21H2,1-5H3/t22-/m0/s1. The molecule has 0 aromatic heterocycles. The molecule has 3 aromatic rings. The molecular formula is C31H36FN3O4. The zero-order valence-corrected chi connectivity index (χ0v) is 23.2. The van der Waals surface area contributed by atoms with Crippen molar-refractivity contribution in [1.29, 1.82) is 0 Å². The monoisotopic (exact) mass is 533 g/mol. The van der Waals surface area contributed by atoms with Gasteiger partial charge in [0.1, 0.15) is 22.9 Å². The molecule has 0 radical (unpaired) electrons. The Balaban J connectivity index is 1.34. The summed E-state index contributed by atoms with van der Waals surface area (Å²) in [5, 5.41) is 0. The number of hydrogen-bond acceptors (Lipinski definition) is 5. The lowest BCUT2D eigenvalue weighted by Crippen LogP contribution is -2.54. The molecule has 1 saturated heterocycles. The Hall–Kier alpha value is -3.91. The zero-order chi connectivity index (χ0) is 28.2. The fourth-order valence-corrected chi connectivity index (χ4v) is 4.49. The number of ether oxygens (including phenoxy) is 2. The summed E-state index contributed by atoms with van der Waals surface area (Å²) >= 11 is 0. The Kier molecular flexibility index (Phi) is 8.55. The van der Waals surface area contributed by atoms with Crippen molar-refractivity contribution in [3.05, 3.63) is 89.7 Å². The highest BCUT2D eigenvalue weighted by molar-refractivity contribution is 6.05. The fraction of sp³-hybridized carbons (Fsp3) is 0.355. The first-order valence-corrected chi connectivity index (χ1v) is 13.1. The summed E-state index contributed by atoms with van der Waals surface area (Å²) in [5.74, 6) is 0.483. The highest BCUT2D eigenvalue weighted by atomic mass is 19.1. The molecule has 1 heterocycles. The van der Waals surface area contributed by atoms with Crippen LogP contribution in [0.2, 0.25) is 0 Å². The average molecular weight is 534 g/mol. The van der Waals surface area contributed by atoms with Gasteiger partial charge >= 0.3 is 6.09 Å². The van der Waals surface area contributed by atoms with Crippen molar-refractivity contribution in [2.24, 2.45) is 0 Å². The molecule has 0 aliphatic carbocycles. The van der Waals surface area contributed by atoms with Crippen LogP contribution in [0.5, 0.6) is 11.5 Å². The minimum atomic E-state index is -0.509. The van der Waals surface area contributed by atoms with E-state index >= 15 is 0 Å².